The summed E-state index contributed by atoms with van der Waals surface area (Å²) >= 11 is 0. The molecule has 0 unspecified atom stereocenters. The van der Waals surface area contributed by atoms with Crippen LogP contribution in [0.25, 0.3) is 11.0 Å². The lowest BCUT2D eigenvalue weighted by Gasteiger charge is -2.19. The number of H-pyrrole nitrogens is 1. The zero-order chi connectivity index (χ0) is 13.8. The fourth-order valence-corrected chi connectivity index (χ4v) is 2.85. The topological polar surface area (TPSA) is 44.0 Å². The van der Waals surface area contributed by atoms with Gasteiger partial charge in [0.05, 0.1) is 11.0 Å². The van der Waals surface area contributed by atoms with Crippen LogP contribution in [0.2, 0.25) is 0 Å². The van der Waals surface area contributed by atoms with E-state index in [4.69, 9.17) is 0 Å². The first-order chi connectivity index (χ1) is 9.85. The molecule has 1 saturated heterocycles. The van der Waals surface area contributed by atoms with Crippen LogP contribution in [0.1, 0.15) is 24.7 Å². The van der Waals surface area contributed by atoms with Crippen LogP contribution in [-0.4, -0.2) is 47.6 Å². The van der Waals surface area contributed by atoms with Gasteiger partial charge in [0.2, 0.25) is 0 Å². The minimum atomic E-state index is 0.963. The molecular weight excluding hydrogens is 248 g/mol. The molecule has 1 aromatic heterocycles. The number of aryl methyl sites for hydroxylation is 1. The molecule has 2 N–H and O–H groups in total. The van der Waals surface area contributed by atoms with E-state index in [0.29, 0.717) is 0 Å². The number of hydrogen-bond donors (Lipinski definition) is 2. The van der Waals surface area contributed by atoms with Gasteiger partial charge in [0.15, 0.2) is 0 Å². The molecule has 3 rings (SSSR count). The van der Waals surface area contributed by atoms with Crippen molar-refractivity contribution in [3.05, 3.63) is 29.6 Å². The molecule has 0 atom stereocenters. The van der Waals surface area contributed by atoms with Crippen LogP contribution in [0.4, 0.5) is 0 Å². The van der Waals surface area contributed by atoms with Gasteiger partial charge in [-0.2, -0.15) is 0 Å². The molecular formula is C16H24N4. The minimum absolute atomic E-state index is 0.963. The zero-order valence-corrected chi connectivity index (χ0v) is 12.3. The second-order valence-corrected chi connectivity index (χ2v) is 5.58. The molecule has 1 fully saturated rings. The van der Waals surface area contributed by atoms with E-state index >= 15 is 0 Å². The predicted molar refractivity (Wildman–Crippen MR) is 83.1 cm³/mol. The lowest BCUT2D eigenvalue weighted by Crippen LogP contribution is -2.30. The highest BCUT2D eigenvalue weighted by Gasteiger charge is 2.09. The Labute approximate surface area is 120 Å². The summed E-state index contributed by atoms with van der Waals surface area (Å²) in [5.74, 6) is 1.08. The smallest absolute Gasteiger partial charge is 0.106 e. The van der Waals surface area contributed by atoms with E-state index in [2.05, 4.69) is 45.3 Å². The lowest BCUT2D eigenvalue weighted by molar-refractivity contribution is 0.296. The molecule has 20 heavy (non-hydrogen) atoms. The molecule has 0 aliphatic carbocycles. The van der Waals surface area contributed by atoms with Crippen LogP contribution < -0.4 is 5.32 Å². The van der Waals surface area contributed by atoms with Crippen LogP contribution in [0.5, 0.6) is 0 Å². The number of imidazole rings is 1. The lowest BCUT2D eigenvalue weighted by atomic mass is 10.1. The van der Waals surface area contributed by atoms with Crippen LogP contribution in [0, 0.1) is 0 Å². The van der Waals surface area contributed by atoms with Crippen molar-refractivity contribution >= 4 is 11.0 Å². The molecule has 4 nitrogen and oxygen atoms in total. The minimum Gasteiger partial charge on any atom is -0.342 e. The summed E-state index contributed by atoms with van der Waals surface area (Å²) in [6.07, 6.45) is 3.35. The molecule has 0 amide bonds. The second-order valence-electron chi connectivity index (χ2n) is 5.58. The molecule has 0 bridgehead atoms. The van der Waals surface area contributed by atoms with Gasteiger partial charge in [0, 0.05) is 26.1 Å². The molecule has 1 aromatic carbocycles. The first kappa shape index (κ1) is 13.6. The molecule has 2 aromatic rings. The van der Waals surface area contributed by atoms with E-state index in [9.17, 15) is 0 Å². The Morgan fingerprint density at radius 2 is 2.20 bits per heavy atom. The maximum atomic E-state index is 4.56. The van der Waals surface area contributed by atoms with Crippen molar-refractivity contribution in [3.63, 3.8) is 0 Å². The van der Waals surface area contributed by atoms with E-state index in [1.807, 2.05) is 0 Å². The maximum absolute atomic E-state index is 4.56. The van der Waals surface area contributed by atoms with Crippen molar-refractivity contribution in [1.82, 2.24) is 20.2 Å². The van der Waals surface area contributed by atoms with Crippen molar-refractivity contribution in [1.29, 1.82) is 0 Å². The van der Waals surface area contributed by atoms with Gasteiger partial charge in [-0.05, 0) is 43.6 Å². The number of hydrogen-bond acceptors (Lipinski definition) is 3. The summed E-state index contributed by atoms with van der Waals surface area (Å²) < 4.78 is 0. The van der Waals surface area contributed by atoms with E-state index in [1.54, 1.807) is 0 Å². The van der Waals surface area contributed by atoms with E-state index in [-0.39, 0.29) is 0 Å². The van der Waals surface area contributed by atoms with Crippen LogP contribution >= 0.6 is 0 Å². The summed E-state index contributed by atoms with van der Waals surface area (Å²) in [6, 6.07) is 6.63. The number of benzene rings is 1. The van der Waals surface area contributed by atoms with Gasteiger partial charge in [-0.15, -0.1) is 0 Å². The van der Waals surface area contributed by atoms with Crippen LogP contribution in [0.3, 0.4) is 0 Å². The Kier molecular flexibility index (Phi) is 4.33. The molecule has 2 heterocycles. The first-order valence-electron chi connectivity index (χ1n) is 7.76. The Balaban J connectivity index is 1.64. The Hall–Kier alpha value is -1.39. The normalized spacial score (nSPS) is 17.4. The van der Waals surface area contributed by atoms with Crippen LogP contribution in [0.15, 0.2) is 18.2 Å². The molecule has 1 aliphatic heterocycles. The SMILES string of the molecule is CCc1nc2ccc(CCN3CCCNCC3)cc2[nH]1. The van der Waals surface area contributed by atoms with Crippen molar-refractivity contribution in [2.75, 3.05) is 32.7 Å². The standard InChI is InChI=1S/C16H24N4/c1-2-16-18-14-5-4-13(12-15(14)19-16)6-10-20-9-3-7-17-8-11-20/h4-5,12,17H,2-3,6-11H2,1H3,(H,18,19). The summed E-state index contributed by atoms with van der Waals surface area (Å²) in [4.78, 5) is 10.5. The maximum Gasteiger partial charge on any atom is 0.106 e. The number of nitrogens with one attached hydrogen (secondary N) is 2. The average Bonchev–Trinajstić information content (AvgIpc) is 2.71. The van der Waals surface area contributed by atoms with Crippen molar-refractivity contribution < 1.29 is 0 Å². The van der Waals surface area contributed by atoms with E-state index in [0.717, 1.165) is 43.8 Å². The summed E-state index contributed by atoms with van der Waals surface area (Å²) in [7, 11) is 0. The van der Waals surface area contributed by atoms with Gasteiger partial charge >= 0.3 is 0 Å². The third-order valence-electron chi connectivity index (χ3n) is 4.08. The first-order valence-corrected chi connectivity index (χ1v) is 7.76. The molecule has 0 spiro atoms. The summed E-state index contributed by atoms with van der Waals surface area (Å²) in [5, 5.41) is 3.45. The molecule has 0 radical (unpaired) electrons. The van der Waals surface area contributed by atoms with E-state index in [1.165, 1.54) is 30.6 Å². The van der Waals surface area contributed by atoms with E-state index < -0.39 is 0 Å². The van der Waals surface area contributed by atoms with Gasteiger partial charge in [-0.1, -0.05) is 13.0 Å². The van der Waals surface area contributed by atoms with Gasteiger partial charge < -0.3 is 15.2 Å². The molecule has 108 valence electrons. The van der Waals surface area contributed by atoms with Gasteiger partial charge in [0.25, 0.3) is 0 Å². The highest BCUT2D eigenvalue weighted by atomic mass is 15.1. The Morgan fingerprint density at radius 1 is 1.25 bits per heavy atom. The van der Waals surface area contributed by atoms with Gasteiger partial charge in [0.1, 0.15) is 5.82 Å². The number of nitrogens with zero attached hydrogens (tertiary/aromatic N) is 2. The Morgan fingerprint density at radius 3 is 3.10 bits per heavy atom. The summed E-state index contributed by atoms with van der Waals surface area (Å²) in [6.45, 7) is 7.97. The largest absolute Gasteiger partial charge is 0.342 e. The highest BCUT2D eigenvalue weighted by molar-refractivity contribution is 5.75. The summed E-state index contributed by atoms with van der Waals surface area (Å²) in [5.41, 5.74) is 3.67. The fourth-order valence-electron chi connectivity index (χ4n) is 2.85. The highest BCUT2D eigenvalue weighted by Crippen LogP contribution is 2.15. The molecule has 4 heteroatoms. The van der Waals surface area contributed by atoms with Crippen LogP contribution in [-0.2, 0) is 12.8 Å². The number of aromatic nitrogens is 2. The third-order valence-corrected chi connectivity index (χ3v) is 4.08. The quantitative estimate of drug-likeness (QED) is 0.894. The van der Waals surface area contributed by atoms with Gasteiger partial charge in [-0.3, -0.25) is 0 Å². The molecule has 0 saturated carbocycles. The zero-order valence-electron chi connectivity index (χ0n) is 12.3. The predicted octanol–water partition coefficient (Wildman–Crippen LogP) is 1.96. The molecule has 1 aliphatic rings. The third kappa shape index (κ3) is 3.19. The number of fused-ring (bicyclic) bond motifs is 1. The van der Waals surface area contributed by atoms with Gasteiger partial charge in [-0.25, -0.2) is 4.98 Å². The monoisotopic (exact) mass is 272 g/mol. The number of rotatable bonds is 4. The Bertz CT molecular complexity index is 553. The number of aromatic amines is 1. The van der Waals surface area contributed by atoms with Crippen molar-refractivity contribution in [3.8, 4) is 0 Å². The van der Waals surface area contributed by atoms with Crippen molar-refractivity contribution in [2.24, 2.45) is 0 Å². The second kappa shape index (κ2) is 6.37. The van der Waals surface area contributed by atoms with Crippen molar-refractivity contribution in [2.45, 2.75) is 26.2 Å². The average molecular weight is 272 g/mol. The fraction of sp³-hybridized carbons (Fsp3) is 0.562.